The summed E-state index contributed by atoms with van der Waals surface area (Å²) in [4.78, 5) is 0. The predicted octanol–water partition coefficient (Wildman–Crippen LogP) is 5.58. The maximum absolute atomic E-state index is 6.01. The van der Waals surface area contributed by atoms with Crippen LogP contribution in [0.1, 0.15) is 50.7 Å². The topological polar surface area (TPSA) is 21.3 Å². The Morgan fingerprint density at radius 1 is 1.00 bits per heavy atom. The molecule has 0 radical (unpaired) electrons. The van der Waals surface area contributed by atoms with Crippen molar-refractivity contribution in [3.63, 3.8) is 0 Å². The SMILES string of the molecule is CC(C)(c1ccc(Cl)cc1)c1ccc(OCCC2CCCCN2)cc1. The third kappa shape index (κ3) is 4.77. The van der Waals surface area contributed by atoms with Gasteiger partial charge in [0.05, 0.1) is 6.61 Å². The van der Waals surface area contributed by atoms with Crippen LogP contribution in [0.4, 0.5) is 0 Å². The highest BCUT2D eigenvalue weighted by Gasteiger charge is 2.23. The fourth-order valence-corrected chi connectivity index (χ4v) is 3.62. The smallest absolute Gasteiger partial charge is 0.119 e. The summed E-state index contributed by atoms with van der Waals surface area (Å²) in [5, 5.41) is 4.34. The summed E-state index contributed by atoms with van der Waals surface area (Å²) in [6, 6.07) is 17.2. The van der Waals surface area contributed by atoms with Gasteiger partial charge in [-0.3, -0.25) is 0 Å². The van der Waals surface area contributed by atoms with Gasteiger partial charge in [0.25, 0.3) is 0 Å². The van der Waals surface area contributed by atoms with Crippen molar-refractivity contribution >= 4 is 11.6 Å². The van der Waals surface area contributed by atoms with Crippen LogP contribution < -0.4 is 10.1 Å². The lowest BCUT2D eigenvalue weighted by molar-refractivity contribution is 0.268. The van der Waals surface area contributed by atoms with Crippen molar-refractivity contribution < 1.29 is 4.74 Å². The third-order valence-corrected chi connectivity index (χ3v) is 5.54. The molecule has 1 aliphatic rings. The first kappa shape index (κ1) is 18.3. The van der Waals surface area contributed by atoms with E-state index >= 15 is 0 Å². The lowest BCUT2D eigenvalue weighted by Gasteiger charge is -2.26. The summed E-state index contributed by atoms with van der Waals surface area (Å²) < 4.78 is 5.94. The van der Waals surface area contributed by atoms with E-state index in [0.29, 0.717) is 6.04 Å². The Labute approximate surface area is 156 Å². The van der Waals surface area contributed by atoms with E-state index in [2.05, 4.69) is 55.6 Å². The number of benzene rings is 2. The first-order chi connectivity index (χ1) is 12.1. The van der Waals surface area contributed by atoms with Crippen LogP contribution in [0.3, 0.4) is 0 Å². The van der Waals surface area contributed by atoms with Gasteiger partial charge in [0.2, 0.25) is 0 Å². The maximum atomic E-state index is 6.01. The van der Waals surface area contributed by atoms with Gasteiger partial charge in [0, 0.05) is 16.5 Å². The summed E-state index contributed by atoms with van der Waals surface area (Å²) in [6.07, 6.45) is 5.00. The molecular formula is C22H28ClNO. The molecule has 2 nitrogen and oxygen atoms in total. The molecule has 1 saturated heterocycles. The van der Waals surface area contributed by atoms with E-state index < -0.39 is 0 Å². The fourth-order valence-electron chi connectivity index (χ4n) is 3.49. The first-order valence-corrected chi connectivity index (χ1v) is 9.66. The fraction of sp³-hybridized carbons (Fsp3) is 0.455. The normalized spacial score (nSPS) is 18.1. The molecule has 25 heavy (non-hydrogen) atoms. The van der Waals surface area contributed by atoms with E-state index in [9.17, 15) is 0 Å². The number of nitrogens with one attached hydrogen (secondary N) is 1. The molecule has 0 bridgehead atoms. The van der Waals surface area contributed by atoms with Crippen molar-refractivity contribution in [1.82, 2.24) is 5.32 Å². The lowest BCUT2D eigenvalue weighted by Crippen LogP contribution is -2.35. The van der Waals surface area contributed by atoms with Crippen LogP contribution >= 0.6 is 11.6 Å². The van der Waals surface area contributed by atoms with Gasteiger partial charge in [-0.15, -0.1) is 0 Å². The molecule has 1 fully saturated rings. The van der Waals surface area contributed by atoms with Crippen LogP contribution in [-0.4, -0.2) is 19.2 Å². The van der Waals surface area contributed by atoms with Gasteiger partial charge in [0.1, 0.15) is 5.75 Å². The van der Waals surface area contributed by atoms with Gasteiger partial charge in [-0.2, -0.15) is 0 Å². The summed E-state index contributed by atoms with van der Waals surface area (Å²) in [5.41, 5.74) is 2.47. The third-order valence-electron chi connectivity index (χ3n) is 5.29. The molecule has 0 spiro atoms. The summed E-state index contributed by atoms with van der Waals surface area (Å²) in [5.74, 6) is 0.950. The maximum Gasteiger partial charge on any atom is 0.119 e. The number of hydrogen-bond donors (Lipinski definition) is 1. The zero-order valence-corrected chi connectivity index (χ0v) is 16.0. The van der Waals surface area contributed by atoms with Crippen LogP contribution in [0.2, 0.25) is 5.02 Å². The van der Waals surface area contributed by atoms with Crippen molar-refractivity contribution in [1.29, 1.82) is 0 Å². The molecular weight excluding hydrogens is 330 g/mol. The number of hydrogen-bond acceptors (Lipinski definition) is 2. The van der Waals surface area contributed by atoms with Gasteiger partial charge >= 0.3 is 0 Å². The van der Waals surface area contributed by atoms with E-state index in [1.807, 2.05) is 12.1 Å². The molecule has 1 unspecified atom stereocenters. The predicted molar refractivity (Wildman–Crippen MR) is 106 cm³/mol. The van der Waals surface area contributed by atoms with Gasteiger partial charge in [-0.05, 0) is 61.2 Å². The molecule has 134 valence electrons. The van der Waals surface area contributed by atoms with Crippen LogP contribution in [0, 0.1) is 0 Å². The Hall–Kier alpha value is -1.51. The zero-order valence-electron chi connectivity index (χ0n) is 15.2. The molecule has 0 aliphatic carbocycles. The molecule has 1 N–H and O–H groups in total. The summed E-state index contributed by atoms with van der Waals surface area (Å²) in [6.45, 7) is 6.40. The monoisotopic (exact) mass is 357 g/mol. The van der Waals surface area contributed by atoms with Crippen molar-refractivity contribution in [2.45, 2.75) is 51.0 Å². The molecule has 0 aromatic heterocycles. The highest BCUT2D eigenvalue weighted by molar-refractivity contribution is 6.30. The largest absolute Gasteiger partial charge is 0.494 e. The highest BCUT2D eigenvalue weighted by Crippen LogP contribution is 2.33. The van der Waals surface area contributed by atoms with Crippen LogP contribution in [0.25, 0.3) is 0 Å². The van der Waals surface area contributed by atoms with Crippen molar-refractivity contribution in [3.8, 4) is 5.75 Å². The van der Waals surface area contributed by atoms with Gasteiger partial charge < -0.3 is 10.1 Å². The number of piperidine rings is 1. The van der Waals surface area contributed by atoms with E-state index in [1.165, 1.54) is 30.4 Å². The van der Waals surface area contributed by atoms with E-state index in [1.54, 1.807) is 0 Å². The minimum Gasteiger partial charge on any atom is -0.494 e. The van der Waals surface area contributed by atoms with Crippen molar-refractivity contribution in [2.24, 2.45) is 0 Å². The first-order valence-electron chi connectivity index (χ1n) is 9.28. The van der Waals surface area contributed by atoms with E-state index in [-0.39, 0.29) is 5.41 Å². The van der Waals surface area contributed by atoms with Gasteiger partial charge in [-0.1, -0.05) is 56.1 Å². The van der Waals surface area contributed by atoms with Crippen molar-refractivity contribution in [3.05, 3.63) is 64.7 Å². The molecule has 3 heteroatoms. The van der Waals surface area contributed by atoms with E-state index in [0.717, 1.165) is 30.3 Å². The molecule has 2 aromatic rings. The molecule has 3 rings (SSSR count). The average Bonchev–Trinajstić information content (AvgIpc) is 2.63. The Morgan fingerprint density at radius 3 is 2.24 bits per heavy atom. The molecule has 0 saturated carbocycles. The standard InChI is InChI=1S/C22H28ClNO/c1-22(2,17-6-10-19(23)11-7-17)18-8-12-21(13-9-18)25-16-14-20-5-3-4-15-24-20/h6-13,20,24H,3-5,14-16H2,1-2H3. The lowest BCUT2D eigenvalue weighted by atomic mass is 9.78. The average molecular weight is 358 g/mol. The molecule has 1 heterocycles. The number of rotatable bonds is 6. The van der Waals surface area contributed by atoms with Crippen LogP contribution in [-0.2, 0) is 5.41 Å². The van der Waals surface area contributed by atoms with Crippen molar-refractivity contribution in [2.75, 3.05) is 13.2 Å². The Morgan fingerprint density at radius 2 is 1.64 bits per heavy atom. The number of halogens is 1. The Kier molecular flexibility index (Phi) is 6.03. The van der Waals surface area contributed by atoms with E-state index in [4.69, 9.17) is 16.3 Å². The minimum atomic E-state index is -0.0604. The highest BCUT2D eigenvalue weighted by atomic mass is 35.5. The Bertz CT molecular complexity index is 657. The molecule has 2 aromatic carbocycles. The number of ether oxygens (including phenoxy) is 1. The second-order valence-electron chi connectivity index (χ2n) is 7.44. The Balaban J connectivity index is 1.58. The minimum absolute atomic E-state index is 0.0604. The molecule has 1 atom stereocenters. The molecule has 1 aliphatic heterocycles. The summed E-state index contributed by atoms with van der Waals surface area (Å²) in [7, 11) is 0. The van der Waals surface area contributed by atoms with Crippen LogP contribution in [0.15, 0.2) is 48.5 Å². The van der Waals surface area contributed by atoms with Crippen LogP contribution in [0.5, 0.6) is 5.75 Å². The van der Waals surface area contributed by atoms with Gasteiger partial charge in [-0.25, -0.2) is 0 Å². The quantitative estimate of drug-likeness (QED) is 0.728. The molecule has 0 amide bonds. The summed E-state index contributed by atoms with van der Waals surface area (Å²) >= 11 is 6.01. The van der Waals surface area contributed by atoms with Gasteiger partial charge in [0.15, 0.2) is 0 Å². The second-order valence-corrected chi connectivity index (χ2v) is 7.88. The zero-order chi connectivity index (χ0) is 17.7. The second kappa shape index (κ2) is 8.25.